The summed E-state index contributed by atoms with van der Waals surface area (Å²) in [5.74, 6) is 1.13. The Morgan fingerprint density at radius 3 is 3.00 bits per heavy atom. The van der Waals surface area contributed by atoms with Crippen molar-refractivity contribution in [3.8, 4) is 0 Å². The van der Waals surface area contributed by atoms with Crippen molar-refractivity contribution in [2.45, 2.75) is 25.0 Å². The van der Waals surface area contributed by atoms with Gasteiger partial charge in [0.15, 0.2) is 5.82 Å². The maximum Gasteiger partial charge on any atom is 0.243 e. The lowest BCUT2D eigenvalue weighted by molar-refractivity contribution is 0.191. The van der Waals surface area contributed by atoms with Gasteiger partial charge in [-0.05, 0) is 18.1 Å². The first-order valence-electron chi connectivity index (χ1n) is 6.19. The second-order valence-electron chi connectivity index (χ2n) is 4.67. The van der Waals surface area contributed by atoms with E-state index in [1.165, 1.54) is 0 Å². The molecule has 1 saturated heterocycles. The third-order valence-electron chi connectivity index (χ3n) is 3.20. The van der Waals surface area contributed by atoms with Gasteiger partial charge in [-0.25, -0.2) is 0 Å². The van der Waals surface area contributed by atoms with Crippen LogP contribution in [0.15, 0.2) is 28.8 Å². The first-order valence-corrected chi connectivity index (χ1v) is 6.57. The summed E-state index contributed by atoms with van der Waals surface area (Å²) in [5, 5.41) is 17.3. The second kappa shape index (κ2) is 5.28. The highest BCUT2D eigenvalue weighted by Gasteiger charge is 2.28. The minimum Gasteiger partial charge on any atom is -0.392 e. The van der Waals surface area contributed by atoms with Gasteiger partial charge in [0.1, 0.15) is 0 Å². The quantitative estimate of drug-likeness (QED) is 0.895. The smallest absolute Gasteiger partial charge is 0.243 e. The summed E-state index contributed by atoms with van der Waals surface area (Å²) >= 11 is 6.10. The molecule has 0 saturated carbocycles. The van der Waals surface area contributed by atoms with Crippen LogP contribution < -0.4 is 5.32 Å². The number of aliphatic hydroxyl groups excluding tert-OH is 1. The topological polar surface area (TPSA) is 71.2 Å². The average molecular weight is 280 g/mol. The van der Waals surface area contributed by atoms with Crippen molar-refractivity contribution in [1.29, 1.82) is 0 Å². The molecule has 2 atom stereocenters. The Morgan fingerprint density at radius 1 is 1.42 bits per heavy atom. The van der Waals surface area contributed by atoms with Gasteiger partial charge in [-0.2, -0.15) is 4.98 Å². The Labute approximate surface area is 115 Å². The van der Waals surface area contributed by atoms with Gasteiger partial charge in [0.2, 0.25) is 5.89 Å². The van der Waals surface area contributed by atoms with Crippen LogP contribution in [-0.2, 0) is 6.42 Å². The van der Waals surface area contributed by atoms with Crippen LogP contribution in [-0.4, -0.2) is 27.9 Å². The van der Waals surface area contributed by atoms with Crippen LogP contribution in [0.3, 0.4) is 0 Å². The molecule has 1 aliphatic rings. The zero-order valence-corrected chi connectivity index (χ0v) is 11.0. The summed E-state index contributed by atoms with van der Waals surface area (Å²) < 4.78 is 5.23. The summed E-state index contributed by atoms with van der Waals surface area (Å²) in [6, 6.07) is 7.54. The van der Waals surface area contributed by atoms with Gasteiger partial charge in [-0.15, -0.1) is 0 Å². The van der Waals surface area contributed by atoms with Gasteiger partial charge < -0.3 is 14.9 Å². The van der Waals surface area contributed by atoms with E-state index in [9.17, 15) is 5.11 Å². The molecule has 1 fully saturated rings. The van der Waals surface area contributed by atoms with Crippen LogP contribution in [0.1, 0.15) is 29.7 Å². The normalized spacial score (nSPS) is 22.8. The lowest BCUT2D eigenvalue weighted by Gasteiger charge is -2.01. The third-order valence-corrected chi connectivity index (χ3v) is 3.56. The zero-order valence-electron chi connectivity index (χ0n) is 10.2. The van der Waals surface area contributed by atoms with E-state index in [1.54, 1.807) is 0 Å². The number of β-amino-alcohol motifs (C(OH)–C–C–N with tert-alkyl or cyclic N) is 1. The van der Waals surface area contributed by atoms with Crippen molar-refractivity contribution in [3.63, 3.8) is 0 Å². The Morgan fingerprint density at radius 2 is 2.26 bits per heavy atom. The summed E-state index contributed by atoms with van der Waals surface area (Å²) in [6.45, 7) is 0.562. The number of aliphatic hydroxyl groups is 1. The summed E-state index contributed by atoms with van der Waals surface area (Å²) in [4.78, 5) is 4.35. The molecule has 0 aliphatic carbocycles. The number of rotatable bonds is 3. The number of hydrogen-bond acceptors (Lipinski definition) is 5. The molecule has 19 heavy (non-hydrogen) atoms. The molecule has 2 aromatic rings. The number of benzene rings is 1. The lowest BCUT2D eigenvalue weighted by Crippen LogP contribution is -2.15. The monoisotopic (exact) mass is 279 g/mol. The Bertz CT molecular complexity index is 573. The largest absolute Gasteiger partial charge is 0.392 e. The Kier molecular flexibility index (Phi) is 3.50. The van der Waals surface area contributed by atoms with Crippen LogP contribution >= 0.6 is 11.6 Å². The van der Waals surface area contributed by atoms with E-state index in [0.29, 0.717) is 36.1 Å². The molecule has 0 bridgehead atoms. The second-order valence-corrected chi connectivity index (χ2v) is 5.07. The van der Waals surface area contributed by atoms with E-state index in [4.69, 9.17) is 16.1 Å². The van der Waals surface area contributed by atoms with E-state index >= 15 is 0 Å². The fourth-order valence-electron chi connectivity index (χ4n) is 2.20. The maximum absolute atomic E-state index is 9.47. The number of nitrogens with one attached hydrogen (secondary N) is 1. The van der Waals surface area contributed by atoms with E-state index in [2.05, 4.69) is 15.5 Å². The Balaban J connectivity index is 1.73. The highest BCUT2D eigenvalue weighted by Crippen LogP contribution is 2.23. The molecule has 2 heterocycles. The van der Waals surface area contributed by atoms with Crippen LogP contribution in [0.25, 0.3) is 0 Å². The number of halogens is 1. The average Bonchev–Trinajstić information content (AvgIpc) is 3.01. The molecule has 0 spiro atoms. The molecular formula is C13H14ClN3O2. The molecular weight excluding hydrogens is 266 g/mol. The summed E-state index contributed by atoms with van der Waals surface area (Å²) in [7, 11) is 0. The van der Waals surface area contributed by atoms with Crippen LogP contribution in [0.2, 0.25) is 5.02 Å². The standard InChI is InChI=1S/C13H14ClN3O2/c14-10-4-2-1-3-8(10)5-12-16-13(19-17-12)11-6-9(18)7-15-11/h1-4,9,11,15,18H,5-7H2/t9-,11+/m0/s1. The Hall–Kier alpha value is -1.43. The minimum atomic E-state index is -0.344. The van der Waals surface area contributed by atoms with Crippen molar-refractivity contribution >= 4 is 11.6 Å². The van der Waals surface area contributed by atoms with Crippen molar-refractivity contribution in [2.24, 2.45) is 0 Å². The van der Waals surface area contributed by atoms with E-state index in [0.717, 1.165) is 5.56 Å². The van der Waals surface area contributed by atoms with E-state index in [-0.39, 0.29) is 12.1 Å². The fourth-order valence-corrected chi connectivity index (χ4v) is 2.40. The van der Waals surface area contributed by atoms with Crippen molar-refractivity contribution in [3.05, 3.63) is 46.6 Å². The number of hydrogen-bond donors (Lipinski definition) is 2. The van der Waals surface area contributed by atoms with Gasteiger partial charge in [-0.3, -0.25) is 0 Å². The molecule has 1 aromatic carbocycles. The van der Waals surface area contributed by atoms with Crippen LogP contribution in [0.4, 0.5) is 0 Å². The summed E-state index contributed by atoms with van der Waals surface area (Å²) in [6.07, 6.45) is 0.801. The van der Waals surface area contributed by atoms with Gasteiger partial charge in [0, 0.05) is 18.0 Å². The minimum absolute atomic E-state index is 0.0532. The van der Waals surface area contributed by atoms with Crippen molar-refractivity contribution < 1.29 is 9.63 Å². The molecule has 0 radical (unpaired) electrons. The molecule has 0 unspecified atom stereocenters. The molecule has 0 amide bonds. The SMILES string of the molecule is O[C@@H]1CN[C@@H](c2nc(Cc3ccccc3Cl)no2)C1. The molecule has 1 aliphatic heterocycles. The zero-order chi connectivity index (χ0) is 13.2. The highest BCUT2D eigenvalue weighted by molar-refractivity contribution is 6.31. The number of nitrogens with zero attached hydrogens (tertiary/aromatic N) is 2. The number of aromatic nitrogens is 2. The molecule has 100 valence electrons. The van der Waals surface area contributed by atoms with Gasteiger partial charge in [-0.1, -0.05) is 35.0 Å². The third kappa shape index (κ3) is 2.78. The highest BCUT2D eigenvalue weighted by atomic mass is 35.5. The molecule has 6 heteroatoms. The van der Waals surface area contributed by atoms with Crippen molar-refractivity contribution in [1.82, 2.24) is 15.5 Å². The molecule has 1 aromatic heterocycles. The van der Waals surface area contributed by atoms with Gasteiger partial charge in [0.25, 0.3) is 0 Å². The van der Waals surface area contributed by atoms with Crippen LogP contribution in [0, 0.1) is 0 Å². The first-order chi connectivity index (χ1) is 9.22. The summed E-state index contributed by atoms with van der Waals surface area (Å²) in [5.41, 5.74) is 0.968. The maximum atomic E-state index is 9.47. The predicted molar refractivity (Wildman–Crippen MR) is 69.9 cm³/mol. The lowest BCUT2D eigenvalue weighted by atomic mass is 10.1. The predicted octanol–water partition coefficient (Wildman–Crippen LogP) is 1.71. The van der Waals surface area contributed by atoms with Crippen LogP contribution in [0.5, 0.6) is 0 Å². The fraction of sp³-hybridized carbons (Fsp3) is 0.385. The molecule has 5 nitrogen and oxygen atoms in total. The van der Waals surface area contributed by atoms with E-state index in [1.807, 2.05) is 24.3 Å². The molecule has 2 N–H and O–H groups in total. The van der Waals surface area contributed by atoms with Crippen molar-refractivity contribution in [2.75, 3.05) is 6.54 Å². The van der Waals surface area contributed by atoms with E-state index < -0.39 is 0 Å². The van der Waals surface area contributed by atoms with Gasteiger partial charge >= 0.3 is 0 Å². The first kappa shape index (κ1) is 12.6. The molecule has 3 rings (SSSR count). The van der Waals surface area contributed by atoms with Gasteiger partial charge in [0.05, 0.1) is 12.1 Å².